The third-order valence-electron chi connectivity index (χ3n) is 4.25. The predicted molar refractivity (Wildman–Crippen MR) is 112 cm³/mol. The number of benzene rings is 2. The Balaban J connectivity index is 1.83. The standard InChI is InChI=1S/C23H33NO3/c1-3-5-6-9-15-26-22-13-10-12-21(18-22)24-19-20-11-7-8-14-23(20)27-17-16-25-4-2/h7-8,10-14,18,24H,3-6,9,15-17,19H2,1-2H3. The van der Waals surface area contributed by atoms with Gasteiger partial charge in [-0.05, 0) is 31.5 Å². The Morgan fingerprint density at radius 2 is 1.70 bits per heavy atom. The summed E-state index contributed by atoms with van der Waals surface area (Å²) >= 11 is 0. The Hall–Kier alpha value is -2.20. The van der Waals surface area contributed by atoms with Crippen LogP contribution in [0.2, 0.25) is 0 Å². The lowest BCUT2D eigenvalue weighted by Gasteiger charge is -2.13. The minimum Gasteiger partial charge on any atom is -0.494 e. The molecule has 0 unspecified atom stereocenters. The molecule has 0 saturated heterocycles. The monoisotopic (exact) mass is 371 g/mol. The van der Waals surface area contributed by atoms with Crippen LogP contribution in [0, 0.1) is 0 Å². The van der Waals surface area contributed by atoms with Gasteiger partial charge < -0.3 is 19.5 Å². The molecule has 0 fully saturated rings. The first-order chi connectivity index (χ1) is 13.3. The molecule has 0 aromatic heterocycles. The molecule has 0 atom stereocenters. The fourth-order valence-corrected chi connectivity index (χ4v) is 2.76. The first kappa shape index (κ1) is 21.1. The van der Waals surface area contributed by atoms with Gasteiger partial charge in [-0.25, -0.2) is 0 Å². The van der Waals surface area contributed by atoms with Crippen LogP contribution in [0.4, 0.5) is 5.69 Å². The van der Waals surface area contributed by atoms with Gasteiger partial charge >= 0.3 is 0 Å². The van der Waals surface area contributed by atoms with Gasteiger partial charge in [0.2, 0.25) is 0 Å². The maximum Gasteiger partial charge on any atom is 0.124 e. The van der Waals surface area contributed by atoms with E-state index in [1.54, 1.807) is 0 Å². The van der Waals surface area contributed by atoms with Gasteiger partial charge in [-0.2, -0.15) is 0 Å². The van der Waals surface area contributed by atoms with Gasteiger partial charge in [-0.15, -0.1) is 0 Å². The van der Waals surface area contributed by atoms with Crippen molar-refractivity contribution in [2.24, 2.45) is 0 Å². The van der Waals surface area contributed by atoms with E-state index in [1.165, 1.54) is 19.3 Å². The third-order valence-corrected chi connectivity index (χ3v) is 4.25. The fourth-order valence-electron chi connectivity index (χ4n) is 2.76. The summed E-state index contributed by atoms with van der Waals surface area (Å²) < 4.78 is 17.1. The highest BCUT2D eigenvalue weighted by Gasteiger charge is 2.04. The van der Waals surface area contributed by atoms with Crippen molar-refractivity contribution >= 4 is 5.69 Å². The van der Waals surface area contributed by atoms with Crippen LogP contribution in [0.1, 0.15) is 45.1 Å². The molecule has 0 spiro atoms. The first-order valence-electron chi connectivity index (χ1n) is 10.1. The van der Waals surface area contributed by atoms with Crippen LogP contribution >= 0.6 is 0 Å². The second-order valence-electron chi connectivity index (χ2n) is 6.44. The average molecular weight is 372 g/mol. The Morgan fingerprint density at radius 3 is 2.56 bits per heavy atom. The molecular formula is C23H33NO3. The second-order valence-corrected chi connectivity index (χ2v) is 6.44. The number of hydrogen-bond acceptors (Lipinski definition) is 4. The van der Waals surface area contributed by atoms with E-state index < -0.39 is 0 Å². The van der Waals surface area contributed by atoms with E-state index in [2.05, 4.69) is 30.4 Å². The largest absolute Gasteiger partial charge is 0.494 e. The molecular weight excluding hydrogens is 338 g/mol. The molecule has 2 aromatic carbocycles. The highest BCUT2D eigenvalue weighted by molar-refractivity contribution is 5.49. The second kappa shape index (κ2) is 13.0. The zero-order valence-corrected chi connectivity index (χ0v) is 16.7. The van der Waals surface area contributed by atoms with Crippen molar-refractivity contribution in [3.05, 3.63) is 54.1 Å². The molecule has 2 aromatic rings. The van der Waals surface area contributed by atoms with Crippen LogP contribution in [0.15, 0.2) is 48.5 Å². The Labute approximate surface area is 163 Å². The number of nitrogens with one attached hydrogen (secondary N) is 1. The Morgan fingerprint density at radius 1 is 0.815 bits per heavy atom. The van der Waals surface area contributed by atoms with Crippen molar-refractivity contribution in [2.75, 3.05) is 31.7 Å². The lowest BCUT2D eigenvalue weighted by Crippen LogP contribution is -2.09. The van der Waals surface area contributed by atoms with Crippen LogP contribution in [-0.2, 0) is 11.3 Å². The summed E-state index contributed by atoms with van der Waals surface area (Å²) in [6.45, 7) is 7.56. The van der Waals surface area contributed by atoms with E-state index in [0.717, 1.165) is 35.8 Å². The zero-order chi connectivity index (χ0) is 19.2. The minimum atomic E-state index is 0.562. The number of ether oxygens (including phenoxy) is 3. The van der Waals surface area contributed by atoms with E-state index >= 15 is 0 Å². The van der Waals surface area contributed by atoms with Gasteiger partial charge in [0.1, 0.15) is 18.1 Å². The summed E-state index contributed by atoms with van der Waals surface area (Å²) in [5.74, 6) is 1.81. The van der Waals surface area contributed by atoms with Gasteiger partial charge in [0.25, 0.3) is 0 Å². The molecule has 1 N–H and O–H groups in total. The number of anilines is 1. The summed E-state index contributed by atoms with van der Waals surface area (Å²) in [6.07, 6.45) is 4.86. The van der Waals surface area contributed by atoms with Crippen LogP contribution in [0.25, 0.3) is 0 Å². The van der Waals surface area contributed by atoms with Crippen LogP contribution in [0.5, 0.6) is 11.5 Å². The lowest BCUT2D eigenvalue weighted by molar-refractivity contribution is 0.110. The summed E-state index contributed by atoms with van der Waals surface area (Å²) in [5.41, 5.74) is 2.17. The summed E-state index contributed by atoms with van der Waals surface area (Å²) in [6, 6.07) is 16.2. The summed E-state index contributed by atoms with van der Waals surface area (Å²) in [5, 5.41) is 3.46. The van der Waals surface area contributed by atoms with Gasteiger partial charge in [-0.3, -0.25) is 0 Å². The van der Waals surface area contributed by atoms with Gasteiger partial charge in [0, 0.05) is 30.5 Å². The lowest BCUT2D eigenvalue weighted by atomic mass is 10.2. The Kier molecular flexibility index (Phi) is 10.2. The maximum absolute atomic E-state index is 5.87. The minimum absolute atomic E-state index is 0.562. The summed E-state index contributed by atoms with van der Waals surface area (Å²) in [4.78, 5) is 0. The van der Waals surface area contributed by atoms with Crippen molar-refractivity contribution < 1.29 is 14.2 Å². The molecule has 0 saturated carbocycles. The van der Waals surface area contributed by atoms with Crippen molar-refractivity contribution in [2.45, 2.75) is 46.1 Å². The van der Waals surface area contributed by atoms with E-state index in [9.17, 15) is 0 Å². The highest BCUT2D eigenvalue weighted by atomic mass is 16.5. The number of rotatable bonds is 14. The van der Waals surface area contributed by atoms with Crippen molar-refractivity contribution in [3.63, 3.8) is 0 Å². The number of para-hydroxylation sites is 1. The smallest absolute Gasteiger partial charge is 0.124 e. The molecule has 0 aliphatic heterocycles. The highest BCUT2D eigenvalue weighted by Crippen LogP contribution is 2.22. The van der Waals surface area contributed by atoms with Gasteiger partial charge in [-0.1, -0.05) is 50.5 Å². The van der Waals surface area contributed by atoms with E-state index in [1.807, 2.05) is 37.3 Å². The molecule has 0 bridgehead atoms. The van der Waals surface area contributed by atoms with E-state index in [-0.39, 0.29) is 0 Å². The van der Waals surface area contributed by atoms with Crippen LogP contribution in [-0.4, -0.2) is 26.4 Å². The third kappa shape index (κ3) is 8.35. The van der Waals surface area contributed by atoms with Crippen molar-refractivity contribution in [1.29, 1.82) is 0 Å². The number of hydrogen-bond donors (Lipinski definition) is 1. The predicted octanol–water partition coefficient (Wildman–Crippen LogP) is 5.67. The molecule has 0 aliphatic rings. The molecule has 148 valence electrons. The molecule has 0 heterocycles. The molecule has 0 radical (unpaired) electrons. The van der Waals surface area contributed by atoms with Gasteiger partial charge in [0.05, 0.1) is 13.2 Å². The van der Waals surface area contributed by atoms with Crippen molar-refractivity contribution in [3.8, 4) is 11.5 Å². The average Bonchev–Trinajstić information content (AvgIpc) is 2.70. The number of unbranched alkanes of at least 4 members (excludes halogenated alkanes) is 3. The SMILES string of the molecule is CCCCCCOc1cccc(NCc2ccccc2OCCOCC)c1. The zero-order valence-electron chi connectivity index (χ0n) is 16.7. The van der Waals surface area contributed by atoms with Crippen molar-refractivity contribution in [1.82, 2.24) is 0 Å². The Bertz CT molecular complexity index is 645. The van der Waals surface area contributed by atoms with E-state index in [4.69, 9.17) is 14.2 Å². The molecule has 4 heteroatoms. The molecule has 2 rings (SSSR count). The maximum atomic E-state index is 5.87. The molecule has 4 nitrogen and oxygen atoms in total. The normalized spacial score (nSPS) is 10.6. The summed E-state index contributed by atoms with van der Waals surface area (Å²) in [7, 11) is 0. The fraction of sp³-hybridized carbons (Fsp3) is 0.478. The molecule has 0 aliphatic carbocycles. The molecule has 27 heavy (non-hydrogen) atoms. The van der Waals surface area contributed by atoms with E-state index in [0.29, 0.717) is 26.4 Å². The first-order valence-corrected chi connectivity index (χ1v) is 10.1. The van der Waals surface area contributed by atoms with Crippen LogP contribution in [0.3, 0.4) is 0 Å². The van der Waals surface area contributed by atoms with Gasteiger partial charge in [0.15, 0.2) is 0 Å². The quantitative estimate of drug-likeness (QED) is 0.434. The van der Waals surface area contributed by atoms with Crippen LogP contribution < -0.4 is 14.8 Å². The topological polar surface area (TPSA) is 39.7 Å². The molecule has 0 amide bonds.